The van der Waals surface area contributed by atoms with Crippen LogP contribution in [0.2, 0.25) is 0 Å². The van der Waals surface area contributed by atoms with Crippen LogP contribution in [0, 0.1) is 0 Å². The maximum Gasteiger partial charge on any atom is 0.226 e. The monoisotopic (exact) mass is 252 g/mol. The number of rotatable bonds is 4. The minimum atomic E-state index is -0.388. The SMILES string of the molecule is CN(Cc1cc(=O)c(O)co1)CC1CCCCN1. The summed E-state index contributed by atoms with van der Waals surface area (Å²) >= 11 is 0. The molecule has 0 bridgehead atoms. The van der Waals surface area contributed by atoms with Gasteiger partial charge in [-0.25, -0.2) is 0 Å². The van der Waals surface area contributed by atoms with Gasteiger partial charge in [0.25, 0.3) is 0 Å². The molecule has 0 saturated carbocycles. The van der Waals surface area contributed by atoms with Gasteiger partial charge in [0.2, 0.25) is 5.43 Å². The molecule has 1 saturated heterocycles. The maximum atomic E-state index is 11.3. The van der Waals surface area contributed by atoms with Crippen molar-refractivity contribution in [1.29, 1.82) is 0 Å². The molecule has 1 aliphatic heterocycles. The molecule has 1 atom stereocenters. The highest BCUT2D eigenvalue weighted by Gasteiger charge is 2.15. The van der Waals surface area contributed by atoms with Crippen molar-refractivity contribution in [2.24, 2.45) is 0 Å². The molecule has 1 aromatic heterocycles. The van der Waals surface area contributed by atoms with Crippen molar-refractivity contribution in [3.63, 3.8) is 0 Å². The Labute approximate surface area is 106 Å². The van der Waals surface area contributed by atoms with E-state index in [2.05, 4.69) is 10.2 Å². The summed E-state index contributed by atoms with van der Waals surface area (Å²) in [7, 11) is 2.00. The zero-order valence-electron chi connectivity index (χ0n) is 10.7. The van der Waals surface area contributed by atoms with E-state index in [1.165, 1.54) is 25.3 Å². The number of hydrogen-bond acceptors (Lipinski definition) is 5. The first-order chi connectivity index (χ1) is 8.65. The van der Waals surface area contributed by atoms with Crippen molar-refractivity contribution in [3.8, 4) is 5.75 Å². The van der Waals surface area contributed by atoms with Gasteiger partial charge < -0.3 is 14.8 Å². The van der Waals surface area contributed by atoms with Crippen LogP contribution in [-0.4, -0.2) is 36.2 Å². The molecule has 1 aromatic rings. The second-order valence-electron chi connectivity index (χ2n) is 4.94. The van der Waals surface area contributed by atoms with Gasteiger partial charge in [-0.3, -0.25) is 9.69 Å². The minimum absolute atomic E-state index is 0.338. The van der Waals surface area contributed by atoms with Gasteiger partial charge in [-0.05, 0) is 26.4 Å². The van der Waals surface area contributed by atoms with E-state index in [0.29, 0.717) is 18.3 Å². The molecule has 5 nitrogen and oxygen atoms in total. The Morgan fingerprint density at radius 2 is 2.39 bits per heavy atom. The highest BCUT2D eigenvalue weighted by atomic mass is 16.4. The van der Waals surface area contributed by atoms with Gasteiger partial charge in [0, 0.05) is 18.7 Å². The summed E-state index contributed by atoms with van der Waals surface area (Å²) in [5, 5.41) is 12.6. The molecule has 2 rings (SSSR count). The Morgan fingerprint density at radius 3 is 3.06 bits per heavy atom. The van der Waals surface area contributed by atoms with Gasteiger partial charge in [-0.15, -0.1) is 0 Å². The third-order valence-corrected chi connectivity index (χ3v) is 3.24. The summed E-state index contributed by atoms with van der Waals surface area (Å²) < 4.78 is 5.19. The molecule has 0 spiro atoms. The number of aromatic hydroxyl groups is 1. The fourth-order valence-electron chi connectivity index (χ4n) is 2.31. The molecule has 0 aromatic carbocycles. The highest BCUT2D eigenvalue weighted by molar-refractivity contribution is 5.15. The van der Waals surface area contributed by atoms with E-state index < -0.39 is 0 Å². The van der Waals surface area contributed by atoms with Crippen molar-refractivity contribution >= 4 is 0 Å². The first-order valence-electron chi connectivity index (χ1n) is 6.38. The van der Waals surface area contributed by atoms with Crippen LogP contribution in [0.5, 0.6) is 5.75 Å². The van der Waals surface area contributed by atoms with E-state index in [0.717, 1.165) is 19.4 Å². The zero-order chi connectivity index (χ0) is 13.0. The molecule has 1 unspecified atom stereocenters. The lowest BCUT2D eigenvalue weighted by atomic mass is 10.0. The molecule has 0 amide bonds. The van der Waals surface area contributed by atoms with Crippen LogP contribution >= 0.6 is 0 Å². The number of piperidine rings is 1. The predicted octanol–water partition coefficient (Wildman–Crippen LogP) is 0.919. The van der Waals surface area contributed by atoms with Crippen LogP contribution in [-0.2, 0) is 6.54 Å². The lowest BCUT2D eigenvalue weighted by Crippen LogP contribution is -2.42. The molecule has 1 aliphatic rings. The zero-order valence-corrected chi connectivity index (χ0v) is 10.7. The largest absolute Gasteiger partial charge is 0.502 e. The third-order valence-electron chi connectivity index (χ3n) is 3.24. The van der Waals surface area contributed by atoms with Crippen LogP contribution in [0.4, 0.5) is 0 Å². The molecule has 0 radical (unpaired) electrons. The molecule has 18 heavy (non-hydrogen) atoms. The first-order valence-corrected chi connectivity index (χ1v) is 6.38. The van der Waals surface area contributed by atoms with Crippen LogP contribution in [0.25, 0.3) is 0 Å². The summed E-state index contributed by atoms with van der Waals surface area (Å²) in [6, 6.07) is 1.87. The molecular formula is C13H20N2O3. The molecule has 2 heterocycles. The van der Waals surface area contributed by atoms with Gasteiger partial charge in [-0.1, -0.05) is 6.42 Å². The Morgan fingerprint density at radius 1 is 1.56 bits per heavy atom. The predicted molar refractivity (Wildman–Crippen MR) is 68.6 cm³/mol. The number of likely N-dealkylation sites (N-methyl/N-ethyl adjacent to an activating group) is 1. The number of nitrogens with zero attached hydrogens (tertiary/aromatic N) is 1. The van der Waals surface area contributed by atoms with E-state index in [1.807, 2.05) is 7.05 Å². The van der Waals surface area contributed by atoms with Crippen molar-refractivity contribution in [3.05, 3.63) is 28.3 Å². The maximum absolute atomic E-state index is 11.3. The molecule has 1 fully saturated rings. The van der Waals surface area contributed by atoms with Crippen molar-refractivity contribution in [2.45, 2.75) is 31.8 Å². The van der Waals surface area contributed by atoms with Crippen LogP contribution < -0.4 is 10.7 Å². The number of nitrogens with one attached hydrogen (secondary N) is 1. The Balaban J connectivity index is 1.87. The lowest BCUT2D eigenvalue weighted by Gasteiger charge is -2.27. The van der Waals surface area contributed by atoms with Crippen molar-refractivity contribution < 1.29 is 9.52 Å². The Hall–Kier alpha value is -1.33. The van der Waals surface area contributed by atoms with Gasteiger partial charge in [-0.2, -0.15) is 0 Å². The van der Waals surface area contributed by atoms with Crippen LogP contribution in [0.1, 0.15) is 25.0 Å². The molecule has 2 N–H and O–H groups in total. The topological polar surface area (TPSA) is 65.7 Å². The third kappa shape index (κ3) is 3.58. The van der Waals surface area contributed by atoms with Gasteiger partial charge in [0.05, 0.1) is 6.54 Å². The smallest absolute Gasteiger partial charge is 0.226 e. The molecule has 100 valence electrons. The molecule has 0 aliphatic carbocycles. The summed E-state index contributed by atoms with van der Waals surface area (Å²) in [5.41, 5.74) is -0.388. The quantitative estimate of drug-likeness (QED) is 0.834. The summed E-state index contributed by atoms with van der Waals surface area (Å²) in [5.74, 6) is 0.242. The molecular weight excluding hydrogens is 232 g/mol. The average molecular weight is 252 g/mol. The van der Waals surface area contributed by atoms with E-state index >= 15 is 0 Å². The van der Waals surface area contributed by atoms with Gasteiger partial charge >= 0.3 is 0 Å². The van der Waals surface area contributed by atoms with E-state index in [1.54, 1.807) is 0 Å². The number of hydrogen-bond donors (Lipinski definition) is 2. The summed E-state index contributed by atoms with van der Waals surface area (Å²) in [4.78, 5) is 13.4. The minimum Gasteiger partial charge on any atom is -0.502 e. The fraction of sp³-hybridized carbons (Fsp3) is 0.615. The van der Waals surface area contributed by atoms with Gasteiger partial charge in [0.15, 0.2) is 5.75 Å². The fourth-order valence-corrected chi connectivity index (χ4v) is 2.31. The standard InChI is InChI=1S/C13H20N2O3/c1-15(7-10-4-2-3-5-14-10)8-11-6-12(16)13(17)9-18-11/h6,9-10,14,17H,2-5,7-8H2,1H3. The normalized spacial score (nSPS) is 20.2. The van der Waals surface area contributed by atoms with Crippen molar-refractivity contribution in [2.75, 3.05) is 20.1 Å². The van der Waals surface area contributed by atoms with Crippen LogP contribution in [0.15, 0.2) is 21.5 Å². The average Bonchev–Trinajstić information content (AvgIpc) is 2.35. The second-order valence-corrected chi connectivity index (χ2v) is 4.94. The Bertz CT molecular complexity index is 438. The van der Waals surface area contributed by atoms with Crippen molar-refractivity contribution in [1.82, 2.24) is 10.2 Å². The van der Waals surface area contributed by atoms with E-state index in [-0.39, 0.29) is 11.2 Å². The summed E-state index contributed by atoms with van der Waals surface area (Å²) in [6.07, 6.45) is 4.83. The van der Waals surface area contributed by atoms with Crippen LogP contribution in [0.3, 0.4) is 0 Å². The Kier molecular flexibility index (Phi) is 4.38. The second kappa shape index (κ2) is 6.02. The van der Waals surface area contributed by atoms with E-state index in [4.69, 9.17) is 9.52 Å². The van der Waals surface area contributed by atoms with E-state index in [9.17, 15) is 4.79 Å². The lowest BCUT2D eigenvalue weighted by molar-refractivity contribution is 0.238. The highest BCUT2D eigenvalue weighted by Crippen LogP contribution is 2.10. The summed E-state index contributed by atoms with van der Waals surface area (Å²) in [6.45, 7) is 2.60. The van der Waals surface area contributed by atoms with Gasteiger partial charge in [0.1, 0.15) is 12.0 Å². The molecule has 5 heteroatoms. The first kappa shape index (κ1) is 13.1.